The Morgan fingerprint density at radius 2 is 2.42 bits per heavy atom. The average Bonchev–Trinajstić information content (AvgIpc) is 2.58. The number of halogens is 1. The summed E-state index contributed by atoms with van der Waals surface area (Å²) in [5, 5.41) is 14.1. The van der Waals surface area contributed by atoms with E-state index in [0.29, 0.717) is 11.2 Å². The topological polar surface area (TPSA) is 38.0 Å². The lowest BCUT2D eigenvalue weighted by Gasteiger charge is -2.10. The van der Waals surface area contributed by atoms with Crippen molar-refractivity contribution in [3.63, 3.8) is 0 Å². The highest BCUT2D eigenvalue weighted by Crippen LogP contribution is 2.31. The molecule has 1 aliphatic carbocycles. The fourth-order valence-corrected chi connectivity index (χ4v) is 1.96. The molecule has 0 saturated heterocycles. The molecule has 0 radical (unpaired) electrons. The van der Waals surface area contributed by atoms with Gasteiger partial charge in [0.25, 0.3) is 0 Å². The smallest absolute Gasteiger partial charge is 0.127 e. The maximum absolute atomic E-state index is 9.31. The summed E-state index contributed by atoms with van der Waals surface area (Å²) in [6.45, 7) is 0. The lowest BCUT2D eigenvalue weighted by atomic mass is 10.2. The largest absolute Gasteiger partial charge is 0.393 e. The molecule has 1 fully saturated rings. The first-order chi connectivity index (χ1) is 5.77. The Balaban J connectivity index is 2.16. The Hall–Kier alpha value is -0.540. The maximum atomic E-state index is 9.31. The third kappa shape index (κ3) is 1.34. The van der Waals surface area contributed by atoms with E-state index in [1.54, 1.807) is 16.9 Å². The molecule has 3 nitrogen and oxygen atoms in total. The van der Waals surface area contributed by atoms with Crippen LogP contribution in [0.1, 0.15) is 25.3 Å². The summed E-state index contributed by atoms with van der Waals surface area (Å²) < 4.78 is 1.79. The van der Waals surface area contributed by atoms with Gasteiger partial charge in [0.2, 0.25) is 0 Å². The molecule has 12 heavy (non-hydrogen) atoms. The van der Waals surface area contributed by atoms with Gasteiger partial charge in [-0.1, -0.05) is 11.6 Å². The van der Waals surface area contributed by atoms with Crippen molar-refractivity contribution in [1.29, 1.82) is 0 Å². The van der Waals surface area contributed by atoms with E-state index in [-0.39, 0.29) is 6.10 Å². The average molecular weight is 187 g/mol. The summed E-state index contributed by atoms with van der Waals surface area (Å²) in [5.74, 6) is 0. The van der Waals surface area contributed by atoms with Gasteiger partial charge in [-0.25, -0.2) is 0 Å². The molecule has 66 valence electrons. The molecule has 0 spiro atoms. The fourth-order valence-electron chi connectivity index (χ4n) is 1.72. The molecule has 2 rings (SSSR count). The van der Waals surface area contributed by atoms with Crippen molar-refractivity contribution in [2.24, 2.45) is 0 Å². The Morgan fingerprint density at radius 1 is 1.58 bits per heavy atom. The van der Waals surface area contributed by atoms with Gasteiger partial charge in [-0.2, -0.15) is 5.10 Å². The van der Waals surface area contributed by atoms with Crippen LogP contribution < -0.4 is 0 Å². The van der Waals surface area contributed by atoms with Crippen LogP contribution >= 0.6 is 11.6 Å². The van der Waals surface area contributed by atoms with Gasteiger partial charge in [0.1, 0.15) is 5.15 Å². The van der Waals surface area contributed by atoms with Crippen molar-refractivity contribution in [2.45, 2.75) is 31.4 Å². The van der Waals surface area contributed by atoms with Gasteiger partial charge in [-0.3, -0.25) is 4.68 Å². The Kier molecular flexibility index (Phi) is 2.07. The van der Waals surface area contributed by atoms with Crippen LogP contribution in [0, 0.1) is 0 Å². The van der Waals surface area contributed by atoms with Crippen LogP contribution in [0.3, 0.4) is 0 Å². The van der Waals surface area contributed by atoms with Crippen LogP contribution in [-0.4, -0.2) is 21.0 Å². The third-order valence-electron chi connectivity index (χ3n) is 2.35. The quantitative estimate of drug-likeness (QED) is 0.724. The summed E-state index contributed by atoms with van der Waals surface area (Å²) in [7, 11) is 0. The van der Waals surface area contributed by atoms with Crippen molar-refractivity contribution >= 4 is 11.6 Å². The molecule has 0 aromatic carbocycles. The van der Waals surface area contributed by atoms with Crippen LogP contribution in [-0.2, 0) is 0 Å². The van der Waals surface area contributed by atoms with Gasteiger partial charge in [-0.05, 0) is 25.3 Å². The fraction of sp³-hybridized carbons (Fsp3) is 0.625. The number of rotatable bonds is 1. The van der Waals surface area contributed by atoms with E-state index < -0.39 is 0 Å². The van der Waals surface area contributed by atoms with E-state index in [1.165, 1.54) is 0 Å². The van der Waals surface area contributed by atoms with E-state index in [9.17, 15) is 5.11 Å². The monoisotopic (exact) mass is 186 g/mol. The molecule has 2 atom stereocenters. The third-order valence-corrected chi connectivity index (χ3v) is 2.64. The normalized spacial score (nSPS) is 29.5. The van der Waals surface area contributed by atoms with Gasteiger partial charge in [-0.15, -0.1) is 0 Å². The van der Waals surface area contributed by atoms with Crippen molar-refractivity contribution in [3.05, 3.63) is 17.4 Å². The second-order valence-electron chi connectivity index (χ2n) is 3.22. The van der Waals surface area contributed by atoms with Crippen molar-refractivity contribution < 1.29 is 5.11 Å². The minimum Gasteiger partial charge on any atom is -0.393 e. The number of nitrogens with zero attached hydrogens (tertiary/aromatic N) is 2. The summed E-state index contributed by atoms with van der Waals surface area (Å²) in [6.07, 6.45) is 4.13. The SMILES string of the molecule is OC1CCC(n2nccc2Cl)C1. The molecule has 1 heterocycles. The molecule has 0 aliphatic heterocycles. The molecule has 4 heteroatoms. The highest BCUT2D eigenvalue weighted by Gasteiger charge is 2.25. The van der Waals surface area contributed by atoms with Crippen molar-refractivity contribution in [1.82, 2.24) is 9.78 Å². The van der Waals surface area contributed by atoms with E-state index in [1.807, 2.05) is 0 Å². The predicted octanol–water partition coefficient (Wildman–Crippen LogP) is 1.62. The first-order valence-corrected chi connectivity index (χ1v) is 4.52. The first kappa shape index (κ1) is 8.08. The molecule has 0 bridgehead atoms. The first-order valence-electron chi connectivity index (χ1n) is 4.14. The van der Waals surface area contributed by atoms with E-state index in [2.05, 4.69) is 5.10 Å². The highest BCUT2D eigenvalue weighted by molar-refractivity contribution is 6.29. The van der Waals surface area contributed by atoms with Gasteiger partial charge < -0.3 is 5.11 Å². The Labute approximate surface area is 76.0 Å². The molecule has 1 N–H and O–H groups in total. The number of aliphatic hydroxyl groups is 1. The summed E-state index contributed by atoms with van der Waals surface area (Å²) in [6, 6.07) is 2.06. The number of aliphatic hydroxyl groups excluding tert-OH is 1. The lowest BCUT2D eigenvalue weighted by Crippen LogP contribution is -2.08. The molecule has 1 saturated carbocycles. The molecule has 2 unspecified atom stereocenters. The van der Waals surface area contributed by atoms with Gasteiger partial charge in [0.15, 0.2) is 0 Å². The predicted molar refractivity (Wildman–Crippen MR) is 46.1 cm³/mol. The number of hydrogen-bond acceptors (Lipinski definition) is 2. The second-order valence-corrected chi connectivity index (χ2v) is 3.61. The van der Waals surface area contributed by atoms with Crippen molar-refractivity contribution in [2.75, 3.05) is 0 Å². The molecular weight excluding hydrogens is 176 g/mol. The molecule has 0 amide bonds. The van der Waals surface area contributed by atoms with Gasteiger partial charge in [0.05, 0.1) is 18.3 Å². The van der Waals surface area contributed by atoms with E-state index in [4.69, 9.17) is 11.6 Å². The van der Waals surface area contributed by atoms with E-state index >= 15 is 0 Å². The zero-order valence-corrected chi connectivity index (χ0v) is 7.41. The van der Waals surface area contributed by atoms with Crippen LogP contribution in [0.4, 0.5) is 0 Å². The summed E-state index contributed by atoms with van der Waals surface area (Å²) >= 11 is 5.89. The Bertz CT molecular complexity index is 274. The molecule has 1 aromatic rings. The minimum absolute atomic E-state index is 0.171. The summed E-state index contributed by atoms with van der Waals surface area (Å²) in [4.78, 5) is 0. The lowest BCUT2D eigenvalue weighted by molar-refractivity contribution is 0.177. The number of aromatic nitrogens is 2. The van der Waals surface area contributed by atoms with Gasteiger partial charge >= 0.3 is 0 Å². The number of hydrogen-bond donors (Lipinski definition) is 1. The maximum Gasteiger partial charge on any atom is 0.127 e. The second kappa shape index (κ2) is 3.07. The molecule has 1 aliphatic rings. The van der Waals surface area contributed by atoms with E-state index in [0.717, 1.165) is 19.3 Å². The van der Waals surface area contributed by atoms with Crippen molar-refractivity contribution in [3.8, 4) is 0 Å². The zero-order valence-electron chi connectivity index (χ0n) is 6.65. The standard InChI is InChI=1S/C8H11ClN2O/c9-8-3-4-10-11(8)6-1-2-7(12)5-6/h3-4,6-7,12H,1-2,5H2. The van der Waals surface area contributed by atoms with Crippen LogP contribution in [0.15, 0.2) is 12.3 Å². The van der Waals surface area contributed by atoms with Crippen LogP contribution in [0.5, 0.6) is 0 Å². The zero-order chi connectivity index (χ0) is 8.55. The summed E-state index contributed by atoms with van der Waals surface area (Å²) in [5.41, 5.74) is 0. The highest BCUT2D eigenvalue weighted by atomic mass is 35.5. The minimum atomic E-state index is -0.171. The van der Waals surface area contributed by atoms with Crippen LogP contribution in [0.25, 0.3) is 0 Å². The van der Waals surface area contributed by atoms with Gasteiger partial charge in [0, 0.05) is 0 Å². The molecule has 1 aromatic heterocycles. The Morgan fingerprint density at radius 3 is 2.92 bits per heavy atom. The molecular formula is C8H11ClN2O. The van der Waals surface area contributed by atoms with Crippen LogP contribution in [0.2, 0.25) is 5.15 Å².